The molecular formula is C22H28N6O2. The number of amides is 2. The Morgan fingerprint density at radius 2 is 2.07 bits per heavy atom. The Morgan fingerprint density at radius 1 is 1.20 bits per heavy atom. The maximum absolute atomic E-state index is 12.8. The van der Waals surface area contributed by atoms with Gasteiger partial charge in [-0.15, -0.1) is 0 Å². The first-order chi connectivity index (χ1) is 14.5. The first-order valence-electron chi connectivity index (χ1n) is 10.6. The molecule has 8 heteroatoms. The van der Waals surface area contributed by atoms with Gasteiger partial charge in [-0.25, -0.2) is 9.97 Å². The van der Waals surface area contributed by atoms with Crippen LogP contribution < -0.4 is 5.32 Å². The molecule has 158 valence electrons. The third kappa shape index (κ3) is 4.27. The van der Waals surface area contributed by atoms with Crippen LogP contribution in [0.15, 0.2) is 24.4 Å². The van der Waals surface area contributed by atoms with Crippen LogP contribution in [0.3, 0.4) is 0 Å². The normalized spacial score (nSPS) is 18.7. The van der Waals surface area contributed by atoms with Gasteiger partial charge in [0.05, 0.1) is 18.7 Å². The van der Waals surface area contributed by atoms with Gasteiger partial charge in [0.25, 0.3) is 0 Å². The van der Waals surface area contributed by atoms with Gasteiger partial charge in [0.15, 0.2) is 0 Å². The maximum atomic E-state index is 12.8. The summed E-state index contributed by atoms with van der Waals surface area (Å²) in [5.74, 6) is 1.88. The topological polar surface area (TPSA) is 91.3 Å². The number of anilines is 1. The number of likely N-dealkylation sites (tertiary alicyclic amines) is 1. The molecular weight excluding hydrogens is 380 g/mol. The van der Waals surface area contributed by atoms with Gasteiger partial charge in [0.1, 0.15) is 11.6 Å². The van der Waals surface area contributed by atoms with E-state index in [1.165, 1.54) is 0 Å². The SMILES string of the molecule is CNc1nc(C2CCCN(C(=O)Cc3ccccn3)C2)nc2c1CN(C(C)=O)CC2. The molecule has 1 fully saturated rings. The molecule has 2 aliphatic heterocycles. The lowest BCUT2D eigenvalue weighted by atomic mass is 9.95. The second kappa shape index (κ2) is 8.77. The molecule has 0 aromatic carbocycles. The van der Waals surface area contributed by atoms with Crippen LogP contribution in [0, 0.1) is 0 Å². The Bertz CT molecular complexity index is 915. The lowest BCUT2D eigenvalue weighted by molar-refractivity contribution is -0.132. The highest BCUT2D eigenvalue weighted by molar-refractivity contribution is 5.78. The Morgan fingerprint density at radius 3 is 2.80 bits per heavy atom. The summed E-state index contributed by atoms with van der Waals surface area (Å²) < 4.78 is 0. The molecule has 1 unspecified atom stereocenters. The van der Waals surface area contributed by atoms with Gasteiger partial charge >= 0.3 is 0 Å². The van der Waals surface area contributed by atoms with E-state index in [9.17, 15) is 9.59 Å². The maximum Gasteiger partial charge on any atom is 0.228 e. The number of rotatable bonds is 4. The lowest BCUT2D eigenvalue weighted by Gasteiger charge is -2.33. The molecule has 1 atom stereocenters. The van der Waals surface area contributed by atoms with Crippen LogP contribution in [0.25, 0.3) is 0 Å². The van der Waals surface area contributed by atoms with Gasteiger partial charge in [-0.05, 0) is 25.0 Å². The van der Waals surface area contributed by atoms with E-state index >= 15 is 0 Å². The third-order valence-electron chi connectivity index (χ3n) is 5.96. The van der Waals surface area contributed by atoms with E-state index in [1.807, 2.05) is 35.0 Å². The fraction of sp³-hybridized carbons (Fsp3) is 0.500. The zero-order valence-electron chi connectivity index (χ0n) is 17.6. The molecule has 2 aromatic heterocycles. The minimum Gasteiger partial charge on any atom is -0.373 e. The fourth-order valence-corrected chi connectivity index (χ4v) is 4.28. The van der Waals surface area contributed by atoms with Crippen molar-refractivity contribution in [2.75, 3.05) is 32.0 Å². The van der Waals surface area contributed by atoms with Gasteiger partial charge in [0.2, 0.25) is 11.8 Å². The highest BCUT2D eigenvalue weighted by Gasteiger charge is 2.29. The van der Waals surface area contributed by atoms with Crippen molar-refractivity contribution < 1.29 is 9.59 Å². The lowest BCUT2D eigenvalue weighted by Crippen LogP contribution is -2.41. The molecule has 0 bridgehead atoms. The molecule has 30 heavy (non-hydrogen) atoms. The minimum absolute atomic E-state index is 0.0705. The van der Waals surface area contributed by atoms with Crippen molar-refractivity contribution >= 4 is 17.6 Å². The number of pyridine rings is 1. The number of aromatic nitrogens is 3. The monoisotopic (exact) mass is 408 g/mol. The van der Waals surface area contributed by atoms with Crippen LogP contribution in [0.5, 0.6) is 0 Å². The van der Waals surface area contributed by atoms with E-state index in [2.05, 4.69) is 10.3 Å². The van der Waals surface area contributed by atoms with E-state index in [4.69, 9.17) is 9.97 Å². The standard InChI is InChI=1S/C22H28N6O2/c1-15(29)27-11-8-19-18(14-27)22(23-2)26-21(25-19)16-6-5-10-28(13-16)20(30)12-17-7-3-4-9-24-17/h3-4,7,9,16H,5-6,8,10-14H2,1-2H3,(H,23,25,26). The number of piperidine rings is 1. The van der Waals surface area contributed by atoms with Gasteiger partial charge in [-0.3, -0.25) is 14.6 Å². The summed E-state index contributed by atoms with van der Waals surface area (Å²) in [6.07, 6.45) is 4.67. The van der Waals surface area contributed by atoms with Crippen molar-refractivity contribution in [2.45, 2.75) is 45.1 Å². The molecule has 0 saturated carbocycles. The molecule has 0 aliphatic carbocycles. The van der Waals surface area contributed by atoms with Crippen LogP contribution >= 0.6 is 0 Å². The molecule has 8 nitrogen and oxygen atoms in total. The summed E-state index contributed by atoms with van der Waals surface area (Å²) in [4.78, 5) is 42.3. The molecule has 4 rings (SSSR count). The molecule has 1 N–H and O–H groups in total. The first kappa shape index (κ1) is 20.3. The molecule has 2 aromatic rings. The quantitative estimate of drug-likeness (QED) is 0.829. The summed E-state index contributed by atoms with van der Waals surface area (Å²) in [6, 6.07) is 5.64. The molecule has 0 radical (unpaired) electrons. The van der Waals surface area contributed by atoms with Crippen LogP contribution in [0.1, 0.15) is 48.5 Å². The number of nitrogens with one attached hydrogen (secondary N) is 1. The molecule has 4 heterocycles. The van der Waals surface area contributed by atoms with E-state index in [0.29, 0.717) is 26.1 Å². The summed E-state index contributed by atoms with van der Waals surface area (Å²) >= 11 is 0. The first-order valence-corrected chi connectivity index (χ1v) is 10.6. The second-order valence-corrected chi connectivity index (χ2v) is 7.97. The van der Waals surface area contributed by atoms with Crippen molar-refractivity contribution in [3.63, 3.8) is 0 Å². The van der Waals surface area contributed by atoms with Crippen molar-refractivity contribution in [1.29, 1.82) is 0 Å². The molecule has 1 saturated heterocycles. The fourth-order valence-electron chi connectivity index (χ4n) is 4.28. The number of carbonyl (C=O) groups is 2. The van der Waals surface area contributed by atoms with Crippen molar-refractivity contribution in [3.05, 3.63) is 47.2 Å². The minimum atomic E-state index is 0.0705. The molecule has 0 spiro atoms. The number of carbonyl (C=O) groups excluding carboxylic acids is 2. The van der Waals surface area contributed by atoms with E-state index in [-0.39, 0.29) is 17.7 Å². The summed E-state index contributed by atoms with van der Waals surface area (Å²) in [5, 5.41) is 3.18. The summed E-state index contributed by atoms with van der Waals surface area (Å²) in [6.45, 7) is 4.21. The van der Waals surface area contributed by atoms with Crippen LogP contribution in [0.2, 0.25) is 0 Å². The predicted molar refractivity (Wildman–Crippen MR) is 113 cm³/mol. The van der Waals surface area contributed by atoms with Gasteiger partial charge in [0, 0.05) is 63.4 Å². The van der Waals surface area contributed by atoms with Crippen molar-refractivity contribution in [3.8, 4) is 0 Å². The average molecular weight is 409 g/mol. The van der Waals surface area contributed by atoms with E-state index < -0.39 is 0 Å². The number of hydrogen-bond donors (Lipinski definition) is 1. The molecule has 2 aliphatic rings. The van der Waals surface area contributed by atoms with Crippen LogP contribution in [-0.2, 0) is 29.0 Å². The Kier molecular flexibility index (Phi) is 5.92. The van der Waals surface area contributed by atoms with Gasteiger partial charge in [-0.1, -0.05) is 6.07 Å². The largest absolute Gasteiger partial charge is 0.373 e. The summed E-state index contributed by atoms with van der Waals surface area (Å²) in [7, 11) is 1.85. The second-order valence-electron chi connectivity index (χ2n) is 7.97. The van der Waals surface area contributed by atoms with E-state index in [1.54, 1.807) is 13.1 Å². The zero-order chi connectivity index (χ0) is 21.1. The smallest absolute Gasteiger partial charge is 0.228 e. The predicted octanol–water partition coefficient (Wildman–Crippen LogP) is 1.77. The number of hydrogen-bond acceptors (Lipinski definition) is 6. The highest BCUT2D eigenvalue weighted by atomic mass is 16.2. The van der Waals surface area contributed by atoms with Crippen LogP contribution in [-0.4, -0.2) is 63.2 Å². The zero-order valence-corrected chi connectivity index (χ0v) is 17.6. The summed E-state index contributed by atoms with van der Waals surface area (Å²) in [5.41, 5.74) is 2.81. The van der Waals surface area contributed by atoms with Crippen molar-refractivity contribution in [1.82, 2.24) is 24.8 Å². The van der Waals surface area contributed by atoms with Crippen LogP contribution in [0.4, 0.5) is 5.82 Å². The third-order valence-corrected chi connectivity index (χ3v) is 5.96. The number of fused-ring (bicyclic) bond motifs is 1. The molecule has 2 amide bonds. The van der Waals surface area contributed by atoms with E-state index in [0.717, 1.165) is 54.4 Å². The van der Waals surface area contributed by atoms with Gasteiger partial charge in [-0.2, -0.15) is 0 Å². The number of nitrogens with zero attached hydrogens (tertiary/aromatic N) is 5. The van der Waals surface area contributed by atoms with Gasteiger partial charge < -0.3 is 15.1 Å². The van der Waals surface area contributed by atoms with Crippen molar-refractivity contribution in [2.24, 2.45) is 0 Å². The highest BCUT2D eigenvalue weighted by Crippen LogP contribution is 2.30. The Hall–Kier alpha value is -3.03. The Labute approximate surface area is 176 Å². The Balaban J connectivity index is 1.51. The average Bonchev–Trinajstić information content (AvgIpc) is 2.78.